The van der Waals surface area contributed by atoms with Gasteiger partial charge in [0.2, 0.25) is 5.91 Å². The van der Waals surface area contributed by atoms with Crippen molar-refractivity contribution in [3.63, 3.8) is 0 Å². The molecule has 4 rings (SSSR count). The number of anilines is 2. The van der Waals surface area contributed by atoms with E-state index in [-0.39, 0.29) is 35.9 Å². The fourth-order valence-electron chi connectivity index (χ4n) is 3.74. The maximum absolute atomic E-state index is 14.6. The fourth-order valence-corrected chi connectivity index (χ4v) is 3.99. The second kappa shape index (κ2) is 8.27. The van der Waals surface area contributed by atoms with E-state index >= 15 is 0 Å². The van der Waals surface area contributed by atoms with E-state index in [0.717, 1.165) is 6.20 Å². The predicted octanol–water partition coefficient (Wildman–Crippen LogP) is 3.32. The van der Waals surface area contributed by atoms with E-state index in [1.165, 1.54) is 19.4 Å². The minimum Gasteiger partial charge on any atom is -0.493 e. The summed E-state index contributed by atoms with van der Waals surface area (Å²) in [6.45, 7) is 0.230. The van der Waals surface area contributed by atoms with E-state index in [1.54, 1.807) is 18.2 Å². The van der Waals surface area contributed by atoms with Crippen LogP contribution in [0.5, 0.6) is 5.75 Å². The maximum Gasteiger partial charge on any atom is 0.255 e. The number of H-pyrrole nitrogens is 1. The third-order valence-electron chi connectivity index (χ3n) is 5.09. The summed E-state index contributed by atoms with van der Waals surface area (Å²) < 4.78 is 20.0. The van der Waals surface area contributed by atoms with Crippen LogP contribution in [-0.2, 0) is 4.79 Å². The number of para-hydroxylation sites is 1. The summed E-state index contributed by atoms with van der Waals surface area (Å²) in [6, 6.07) is 6.60. The number of methoxy groups -OCH3 is 1. The molecule has 0 saturated heterocycles. The number of benzene rings is 1. The first-order chi connectivity index (χ1) is 14.9. The van der Waals surface area contributed by atoms with E-state index in [1.807, 2.05) is 0 Å². The number of fused-ring (bicyclic) bond motifs is 1. The summed E-state index contributed by atoms with van der Waals surface area (Å²) in [7, 11) is 1.47. The van der Waals surface area contributed by atoms with E-state index in [0.29, 0.717) is 33.5 Å². The molecule has 0 spiro atoms. The molecule has 8 nitrogen and oxygen atoms in total. The molecule has 5 N–H and O–H groups in total. The van der Waals surface area contributed by atoms with Crippen LogP contribution in [0.15, 0.2) is 36.7 Å². The SMILES string of the molecule is COc1c(Cl)cccc1Nc1c(-c2ccncc2F)[nH]c2c1C(=O)NC[C@H]2CC(N)=O. The Morgan fingerprint density at radius 1 is 1.42 bits per heavy atom. The molecule has 160 valence electrons. The van der Waals surface area contributed by atoms with Gasteiger partial charge in [0.05, 0.1) is 41.0 Å². The number of pyridine rings is 1. The molecule has 2 aromatic heterocycles. The van der Waals surface area contributed by atoms with Crippen molar-refractivity contribution < 1.29 is 18.7 Å². The third kappa shape index (κ3) is 3.79. The number of rotatable bonds is 6. The Morgan fingerprint density at radius 2 is 2.23 bits per heavy atom. The Balaban J connectivity index is 1.94. The smallest absolute Gasteiger partial charge is 0.255 e. The maximum atomic E-state index is 14.6. The highest BCUT2D eigenvalue weighted by atomic mass is 35.5. The molecule has 10 heteroatoms. The first-order valence-corrected chi connectivity index (χ1v) is 9.80. The highest BCUT2D eigenvalue weighted by Gasteiger charge is 2.34. The number of amides is 2. The topological polar surface area (TPSA) is 122 Å². The molecule has 0 radical (unpaired) electrons. The van der Waals surface area contributed by atoms with Crippen LogP contribution < -0.4 is 21.1 Å². The highest BCUT2D eigenvalue weighted by Crippen LogP contribution is 2.43. The van der Waals surface area contributed by atoms with Gasteiger partial charge in [0.1, 0.15) is 0 Å². The molecule has 0 bridgehead atoms. The monoisotopic (exact) mass is 443 g/mol. The second-order valence-electron chi connectivity index (χ2n) is 7.04. The second-order valence-corrected chi connectivity index (χ2v) is 7.45. The van der Waals surface area contributed by atoms with Gasteiger partial charge >= 0.3 is 0 Å². The minimum absolute atomic E-state index is 0.0198. The van der Waals surface area contributed by atoms with Crippen LogP contribution in [0, 0.1) is 5.82 Å². The Bertz CT molecular complexity index is 1180. The average molecular weight is 444 g/mol. The number of hydrogen-bond donors (Lipinski definition) is 4. The molecule has 0 aliphatic carbocycles. The van der Waals surface area contributed by atoms with Gasteiger partial charge in [-0.3, -0.25) is 14.6 Å². The van der Waals surface area contributed by atoms with E-state index in [4.69, 9.17) is 22.1 Å². The van der Waals surface area contributed by atoms with Gasteiger partial charge in [-0.25, -0.2) is 4.39 Å². The van der Waals surface area contributed by atoms with Gasteiger partial charge in [0.15, 0.2) is 11.6 Å². The summed E-state index contributed by atoms with van der Waals surface area (Å²) in [5, 5.41) is 6.30. The number of carbonyl (C=O) groups excluding carboxylic acids is 2. The number of carbonyl (C=O) groups is 2. The molecule has 0 fully saturated rings. The van der Waals surface area contributed by atoms with E-state index < -0.39 is 11.7 Å². The van der Waals surface area contributed by atoms with Gasteiger partial charge in [-0.05, 0) is 18.2 Å². The molecule has 3 aromatic rings. The molecule has 1 aliphatic heterocycles. The summed E-state index contributed by atoms with van der Waals surface area (Å²) in [5.74, 6) is -1.47. The molecule has 3 heterocycles. The zero-order valence-electron chi connectivity index (χ0n) is 16.5. The van der Waals surface area contributed by atoms with E-state index in [9.17, 15) is 14.0 Å². The summed E-state index contributed by atoms with van der Waals surface area (Å²) in [6.07, 6.45) is 2.55. The molecule has 1 aliphatic rings. The number of halogens is 2. The van der Waals surface area contributed by atoms with Gasteiger partial charge in [0.25, 0.3) is 5.91 Å². The van der Waals surface area contributed by atoms with Crippen molar-refractivity contribution in [3.8, 4) is 17.0 Å². The van der Waals surface area contributed by atoms with Crippen LogP contribution in [0.25, 0.3) is 11.3 Å². The number of hydrogen-bond acceptors (Lipinski definition) is 5. The van der Waals surface area contributed by atoms with E-state index in [2.05, 4.69) is 20.6 Å². The van der Waals surface area contributed by atoms with Crippen molar-refractivity contribution >= 4 is 34.8 Å². The predicted molar refractivity (Wildman–Crippen MR) is 114 cm³/mol. The lowest BCUT2D eigenvalue weighted by Gasteiger charge is -2.23. The summed E-state index contributed by atoms with van der Waals surface area (Å²) >= 11 is 6.23. The molecule has 0 saturated carbocycles. The van der Waals surface area contributed by atoms with Crippen molar-refractivity contribution in [1.29, 1.82) is 0 Å². The van der Waals surface area contributed by atoms with Gasteiger partial charge in [-0.2, -0.15) is 0 Å². The molecule has 31 heavy (non-hydrogen) atoms. The van der Waals surface area contributed by atoms with Gasteiger partial charge in [-0.15, -0.1) is 0 Å². The summed E-state index contributed by atoms with van der Waals surface area (Å²) in [4.78, 5) is 31.3. The van der Waals surface area contributed by atoms with Crippen molar-refractivity contribution in [2.24, 2.45) is 5.73 Å². The largest absolute Gasteiger partial charge is 0.493 e. The zero-order valence-corrected chi connectivity index (χ0v) is 17.2. The van der Waals surface area contributed by atoms with Gasteiger partial charge in [-0.1, -0.05) is 17.7 Å². The molecular formula is C21H19ClFN5O3. The Hall–Kier alpha value is -3.59. The van der Waals surface area contributed by atoms with Crippen molar-refractivity contribution in [1.82, 2.24) is 15.3 Å². The van der Waals surface area contributed by atoms with Gasteiger partial charge in [0, 0.05) is 36.3 Å². The molecule has 1 atom stereocenters. The normalized spacial score (nSPS) is 15.2. The standard InChI is InChI=1S/C21H19ClFN5O3/c1-31-20-12(22)3-2-4-14(20)27-19-16-17(10(7-15(24)29)8-26-21(16)30)28-18(19)11-5-6-25-9-13(11)23/h2-6,9-10,27-28H,7-8H2,1H3,(H2,24,29)(H,26,30)/t10-/m1/s1. The lowest BCUT2D eigenvalue weighted by Crippen LogP contribution is -2.36. The quantitative estimate of drug-likeness (QED) is 0.465. The molecule has 0 unspecified atom stereocenters. The van der Waals surface area contributed by atoms with Crippen LogP contribution in [0.4, 0.5) is 15.8 Å². The number of nitrogens with two attached hydrogens (primary N) is 1. The lowest BCUT2D eigenvalue weighted by molar-refractivity contribution is -0.118. The molecule has 2 amide bonds. The fraction of sp³-hybridized carbons (Fsp3) is 0.190. The van der Waals surface area contributed by atoms with Crippen molar-refractivity contribution in [2.75, 3.05) is 19.0 Å². The Morgan fingerprint density at radius 3 is 2.94 bits per heavy atom. The third-order valence-corrected chi connectivity index (χ3v) is 5.39. The highest BCUT2D eigenvalue weighted by molar-refractivity contribution is 6.32. The molecular weight excluding hydrogens is 425 g/mol. The first-order valence-electron chi connectivity index (χ1n) is 9.42. The van der Waals surface area contributed by atoms with Crippen LogP contribution in [-0.4, -0.2) is 35.4 Å². The Labute approximate surface area is 182 Å². The average Bonchev–Trinajstić information content (AvgIpc) is 3.10. The first kappa shape index (κ1) is 20.7. The lowest BCUT2D eigenvalue weighted by atomic mass is 9.93. The number of nitrogens with one attached hydrogen (secondary N) is 3. The van der Waals surface area contributed by atoms with Crippen LogP contribution >= 0.6 is 11.6 Å². The number of nitrogens with zero attached hydrogens (tertiary/aromatic N) is 1. The van der Waals surface area contributed by atoms with Crippen LogP contribution in [0.1, 0.15) is 28.4 Å². The number of ether oxygens (including phenoxy) is 1. The summed E-state index contributed by atoms with van der Waals surface area (Å²) in [5.41, 5.74) is 7.51. The van der Waals surface area contributed by atoms with Crippen molar-refractivity contribution in [2.45, 2.75) is 12.3 Å². The van der Waals surface area contributed by atoms with Gasteiger partial charge < -0.3 is 26.1 Å². The van der Waals surface area contributed by atoms with Crippen LogP contribution in [0.3, 0.4) is 0 Å². The molecule has 1 aromatic carbocycles. The van der Waals surface area contributed by atoms with Crippen LogP contribution in [0.2, 0.25) is 5.02 Å². The number of primary amides is 1. The Kier molecular flexibility index (Phi) is 5.51. The zero-order chi connectivity index (χ0) is 22.1. The van der Waals surface area contributed by atoms with Crippen molar-refractivity contribution in [3.05, 3.63) is 58.8 Å². The number of aromatic amines is 1. The minimum atomic E-state index is -0.575. The number of aromatic nitrogens is 2.